The summed E-state index contributed by atoms with van der Waals surface area (Å²) in [6.07, 6.45) is 2.54. The molecule has 4 atom stereocenters. The van der Waals surface area contributed by atoms with E-state index in [1.807, 2.05) is 0 Å². The highest BCUT2D eigenvalue weighted by molar-refractivity contribution is 6.27. The summed E-state index contributed by atoms with van der Waals surface area (Å²) in [6.45, 7) is 6.97. The van der Waals surface area contributed by atoms with E-state index in [1.54, 1.807) is 0 Å². The van der Waals surface area contributed by atoms with Gasteiger partial charge in [-0.25, -0.2) is 9.59 Å². The van der Waals surface area contributed by atoms with Crippen LogP contribution in [-0.2, 0) is 9.59 Å². The topological polar surface area (TPSA) is 127 Å². The van der Waals surface area contributed by atoms with Crippen molar-refractivity contribution < 1.29 is 19.8 Å². The lowest BCUT2D eigenvalue weighted by atomic mass is 9.69. The standard InChI is InChI=1S/C10H20N2.C2H2O4/c1-9(2)6-4-5-10(9,3)8(12)7(6)11;3-1(4)2(5)6/h6-8H,4-5,11-12H2,1-3H3;(H,3,4)(H,5,6). The van der Waals surface area contributed by atoms with Gasteiger partial charge in [0.25, 0.3) is 0 Å². The Balaban J connectivity index is 0.000000232. The molecule has 2 bridgehead atoms. The molecular formula is C12H22N2O4. The Morgan fingerprint density at radius 3 is 1.72 bits per heavy atom. The molecule has 0 radical (unpaired) electrons. The van der Waals surface area contributed by atoms with Gasteiger partial charge in [-0.15, -0.1) is 0 Å². The zero-order valence-electron chi connectivity index (χ0n) is 11.0. The Labute approximate surface area is 106 Å². The summed E-state index contributed by atoms with van der Waals surface area (Å²) in [5.74, 6) is -3.00. The van der Waals surface area contributed by atoms with Gasteiger partial charge in [-0.3, -0.25) is 0 Å². The lowest BCUT2D eigenvalue weighted by molar-refractivity contribution is -0.159. The van der Waals surface area contributed by atoms with Crippen LogP contribution in [-0.4, -0.2) is 34.2 Å². The molecule has 0 aromatic carbocycles. The quantitative estimate of drug-likeness (QED) is 0.461. The summed E-state index contributed by atoms with van der Waals surface area (Å²) < 4.78 is 0. The van der Waals surface area contributed by atoms with E-state index in [0.717, 1.165) is 0 Å². The van der Waals surface area contributed by atoms with Crippen LogP contribution in [0.5, 0.6) is 0 Å². The van der Waals surface area contributed by atoms with Crippen molar-refractivity contribution in [1.82, 2.24) is 0 Å². The average Bonchev–Trinajstić information content (AvgIpc) is 2.55. The van der Waals surface area contributed by atoms with E-state index in [4.69, 9.17) is 31.3 Å². The fourth-order valence-corrected chi connectivity index (χ4v) is 3.51. The number of aliphatic carboxylic acids is 2. The van der Waals surface area contributed by atoms with Crippen LogP contribution in [0, 0.1) is 16.7 Å². The second-order valence-corrected chi connectivity index (χ2v) is 6.00. The number of nitrogens with two attached hydrogens (primary N) is 2. The van der Waals surface area contributed by atoms with Crippen molar-refractivity contribution in [3.05, 3.63) is 0 Å². The van der Waals surface area contributed by atoms with Crippen LogP contribution in [0.25, 0.3) is 0 Å². The average molecular weight is 258 g/mol. The molecule has 2 aliphatic rings. The van der Waals surface area contributed by atoms with Gasteiger partial charge in [0.2, 0.25) is 0 Å². The van der Waals surface area contributed by atoms with Gasteiger partial charge in [0.1, 0.15) is 0 Å². The highest BCUT2D eigenvalue weighted by Crippen LogP contribution is 2.64. The molecule has 4 unspecified atom stereocenters. The molecule has 6 N–H and O–H groups in total. The van der Waals surface area contributed by atoms with E-state index >= 15 is 0 Å². The summed E-state index contributed by atoms with van der Waals surface area (Å²) in [5.41, 5.74) is 12.9. The molecule has 0 aromatic heterocycles. The van der Waals surface area contributed by atoms with Gasteiger partial charge in [-0.1, -0.05) is 20.8 Å². The van der Waals surface area contributed by atoms with Crippen LogP contribution < -0.4 is 11.5 Å². The van der Waals surface area contributed by atoms with E-state index < -0.39 is 11.9 Å². The van der Waals surface area contributed by atoms with Gasteiger partial charge in [-0.2, -0.15) is 0 Å². The lowest BCUT2D eigenvalue weighted by Crippen LogP contribution is -2.50. The van der Waals surface area contributed by atoms with Crippen molar-refractivity contribution in [2.24, 2.45) is 28.2 Å². The third-order valence-corrected chi connectivity index (χ3v) is 5.17. The SMILES string of the molecule is CC1(C)C2CCC1(C)C(N)C2N.O=C(O)C(=O)O. The predicted molar refractivity (Wildman–Crippen MR) is 65.8 cm³/mol. The normalized spacial score (nSPS) is 39.9. The minimum Gasteiger partial charge on any atom is -0.473 e. The maximum Gasteiger partial charge on any atom is 0.414 e. The van der Waals surface area contributed by atoms with E-state index in [0.29, 0.717) is 11.3 Å². The predicted octanol–water partition coefficient (Wildman–Crippen LogP) is 0.253. The van der Waals surface area contributed by atoms with Gasteiger partial charge >= 0.3 is 11.9 Å². The Hall–Kier alpha value is -1.14. The zero-order valence-corrected chi connectivity index (χ0v) is 11.0. The van der Waals surface area contributed by atoms with Gasteiger partial charge < -0.3 is 21.7 Å². The Bertz CT molecular complexity index is 357. The molecule has 0 amide bonds. The van der Waals surface area contributed by atoms with E-state index in [9.17, 15) is 0 Å². The highest BCUT2D eigenvalue weighted by atomic mass is 16.4. The van der Waals surface area contributed by atoms with Crippen LogP contribution >= 0.6 is 0 Å². The summed E-state index contributed by atoms with van der Waals surface area (Å²) in [4.78, 5) is 18.2. The molecule has 6 nitrogen and oxygen atoms in total. The highest BCUT2D eigenvalue weighted by Gasteiger charge is 2.63. The van der Waals surface area contributed by atoms with Crippen molar-refractivity contribution in [2.75, 3.05) is 0 Å². The first-order valence-corrected chi connectivity index (χ1v) is 6.03. The maximum absolute atomic E-state index is 9.10. The molecule has 2 fully saturated rings. The minimum absolute atomic E-state index is 0.214. The van der Waals surface area contributed by atoms with Gasteiger partial charge in [-0.05, 0) is 29.6 Å². The smallest absolute Gasteiger partial charge is 0.414 e. The van der Waals surface area contributed by atoms with Crippen LogP contribution in [0.2, 0.25) is 0 Å². The molecule has 0 aromatic rings. The first-order valence-electron chi connectivity index (χ1n) is 6.03. The Morgan fingerprint density at radius 1 is 1.11 bits per heavy atom. The third-order valence-electron chi connectivity index (χ3n) is 5.17. The van der Waals surface area contributed by atoms with Crippen molar-refractivity contribution in [2.45, 2.75) is 45.7 Å². The van der Waals surface area contributed by atoms with Gasteiger partial charge in [0.15, 0.2) is 0 Å². The van der Waals surface area contributed by atoms with Crippen LogP contribution in [0.1, 0.15) is 33.6 Å². The molecule has 6 heteroatoms. The molecule has 2 saturated carbocycles. The summed E-state index contributed by atoms with van der Waals surface area (Å²) >= 11 is 0. The van der Waals surface area contributed by atoms with E-state index in [2.05, 4.69) is 20.8 Å². The van der Waals surface area contributed by atoms with Gasteiger partial charge in [0, 0.05) is 12.1 Å². The molecule has 0 saturated heterocycles. The number of hydrogen-bond acceptors (Lipinski definition) is 4. The fourth-order valence-electron chi connectivity index (χ4n) is 3.51. The summed E-state index contributed by atoms with van der Waals surface area (Å²) in [6, 6.07) is 0.449. The number of carboxylic acid groups (broad SMARTS) is 2. The first kappa shape index (κ1) is 14.9. The maximum atomic E-state index is 9.10. The molecule has 0 heterocycles. The minimum atomic E-state index is -1.82. The zero-order chi connectivity index (χ0) is 14.3. The summed E-state index contributed by atoms with van der Waals surface area (Å²) in [5, 5.41) is 14.8. The molecule has 104 valence electrons. The molecule has 0 spiro atoms. The third kappa shape index (κ3) is 1.99. The second-order valence-electron chi connectivity index (χ2n) is 6.00. The van der Waals surface area contributed by atoms with Crippen molar-refractivity contribution in [3.8, 4) is 0 Å². The molecule has 18 heavy (non-hydrogen) atoms. The number of carbonyl (C=O) groups is 2. The van der Waals surface area contributed by atoms with Crippen LogP contribution in [0.4, 0.5) is 0 Å². The summed E-state index contributed by atoms with van der Waals surface area (Å²) in [7, 11) is 0. The molecular weight excluding hydrogens is 236 g/mol. The fraction of sp³-hybridized carbons (Fsp3) is 0.833. The number of hydrogen-bond donors (Lipinski definition) is 4. The van der Waals surface area contributed by atoms with Crippen molar-refractivity contribution in [3.63, 3.8) is 0 Å². The lowest BCUT2D eigenvalue weighted by Gasteiger charge is -2.37. The van der Waals surface area contributed by atoms with E-state index in [1.165, 1.54) is 12.8 Å². The van der Waals surface area contributed by atoms with Gasteiger partial charge in [0.05, 0.1) is 0 Å². The number of fused-ring (bicyclic) bond motifs is 2. The molecule has 0 aliphatic heterocycles. The first-order chi connectivity index (χ1) is 8.05. The van der Waals surface area contributed by atoms with Crippen LogP contribution in [0.15, 0.2) is 0 Å². The molecule has 2 rings (SSSR count). The molecule has 2 aliphatic carbocycles. The van der Waals surface area contributed by atoms with Crippen LogP contribution in [0.3, 0.4) is 0 Å². The second kappa shape index (κ2) is 4.51. The Morgan fingerprint density at radius 2 is 1.56 bits per heavy atom. The Kier molecular flexibility index (Phi) is 3.74. The monoisotopic (exact) mass is 258 g/mol. The van der Waals surface area contributed by atoms with Crippen molar-refractivity contribution in [1.29, 1.82) is 0 Å². The van der Waals surface area contributed by atoms with E-state index in [-0.39, 0.29) is 17.5 Å². The number of rotatable bonds is 0. The number of carboxylic acids is 2. The van der Waals surface area contributed by atoms with Crippen molar-refractivity contribution >= 4 is 11.9 Å². The largest absolute Gasteiger partial charge is 0.473 e.